The zero-order chi connectivity index (χ0) is 18.1. The summed E-state index contributed by atoms with van der Waals surface area (Å²) in [6, 6.07) is 2.18. The first-order valence-electron chi connectivity index (χ1n) is 11.0. The van der Waals surface area contributed by atoms with Crippen LogP contribution in [0.1, 0.15) is 85.5 Å². The van der Waals surface area contributed by atoms with Crippen molar-refractivity contribution in [1.29, 1.82) is 0 Å². The quantitative estimate of drug-likeness (QED) is 0.226. The van der Waals surface area contributed by atoms with Crippen molar-refractivity contribution in [2.45, 2.75) is 115 Å². The van der Waals surface area contributed by atoms with Gasteiger partial charge in [0.15, 0.2) is 0 Å². The summed E-state index contributed by atoms with van der Waals surface area (Å²) in [6.07, 6.45) is 12.6. The Balaban J connectivity index is 0. The van der Waals surface area contributed by atoms with Crippen molar-refractivity contribution in [3.8, 4) is 0 Å². The fourth-order valence-corrected chi connectivity index (χ4v) is 10.9. The van der Waals surface area contributed by atoms with Gasteiger partial charge in [0.25, 0.3) is 0 Å². The molecule has 1 aliphatic heterocycles. The van der Waals surface area contributed by atoms with Crippen molar-refractivity contribution in [3.63, 3.8) is 0 Å². The molecular formula is C25H50N2SiTi. The number of likely N-dealkylation sites (tertiary alicyclic amines) is 1. The third-order valence-electron chi connectivity index (χ3n) is 6.80. The largest absolute Gasteiger partial charge is 4.00 e. The molecule has 168 valence electrons. The van der Waals surface area contributed by atoms with E-state index in [0.29, 0.717) is 0 Å². The summed E-state index contributed by atoms with van der Waals surface area (Å²) in [5.41, 5.74) is 4.74. The Morgan fingerprint density at radius 1 is 0.966 bits per heavy atom. The van der Waals surface area contributed by atoms with Crippen molar-refractivity contribution in [3.05, 3.63) is 38.4 Å². The molecule has 2 aliphatic carbocycles. The maximum absolute atomic E-state index is 5.60. The first-order chi connectivity index (χ1) is 11.8. The molecule has 2 nitrogen and oxygen atoms in total. The van der Waals surface area contributed by atoms with E-state index in [4.69, 9.17) is 4.98 Å². The molecule has 1 fully saturated rings. The van der Waals surface area contributed by atoms with E-state index in [-0.39, 0.29) is 49.5 Å². The van der Waals surface area contributed by atoms with Gasteiger partial charge in [-0.15, -0.1) is 5.54 Å². The van der Waals surface area contributed by atoms with Gasteiger partial charge < -0.3 is 27.3 Å². The molecule has 1 heterocycles. The summed E-state index contributed by atoms with van der Waals surface area (Å²) in [5, 5.41) is 0. The third-order valence-corrected chi connectivity index (χ3v) is 11.4. The monoisotopic (exact) mass is 454 g/mol. The number of rotatable bonds is 6. The predicted molar refractivity (Wildman–Crippen MR) is 132 cm³/mol. The summed E-state index contributed by atoms with van der Waals surface area (Å²) in [6.45, 7) is 14.6. The van der Waals surface area contributed by atoms with Crippen LogP contribution in [0, 0.1) is 22.3 Å². The Labute approximate surface area is 201 Å². The molecule has 4 heteroatoms. The Morgan fingerprint density at radius 3 is 2.03 bits per heavy atom. The number of unbranched alkanes of at least 4 members (excludes halogenated alkanes) is 1. The van der Waals surface area contributed by atoms with E-state index < -0.39 is 8.24 Å². The first-order valence-corrected chi connectivity index (χ1v) is 13.8. The van der Waals surface area contributed by atoms with Crippen LogP contribution in [0.5, 0.6) is 0 Å². The van der Waals surface area contributed by atoms with Gasteiger partial charge in [-0.2, -0.15) is 0 Å². The normalized spacial score (nSPS) is 26.4. The third kappa shape index (κ3) is 7.60. The Morgan fingerprint density at radius 2 is 1.52 bits per heavy atom. The van der Waals surface area contributed by atoms with E-state index in [1.165, 1.54) is 76.9 Å². The number of allylic oxidation sites excluding steroid dienone is 1. The molecule has 0 aromatic heterocycles. The van der Waals surface area contributed by atoms with Crippen LogP contribution in [0.3, 0.4) is 0 Å². The minimum atomic E-state index is -1.63. The molecule has 3 atom stereocenters. The molecule has 29 heavy (non-hydrogen) atoms. The molecule has 0 N–H and O–H groups in total. The second-order valence-electron chi connectivity index (χ2n) is 10.0. The Hall–Kier alpha value is 0.591. The van der Waals surface area contributed by atoms with Crippen molar-refractivity contribution in [1.82, 2.24) is 4.90 Å². The standard InChI is InChI=1S/C22H41N2Si.3CH3.Ti/c1-6-7-16-25(5,23-22(2,3)4)21-17-20(24-14-10-11-15-24)18-12-8-9-13-19(18)21;;;;/h20-21H,6-17H2,1-5H3;3*1H3;/q4*-1;+4/t20?,21?,25-;;;;/m0..../s1. The van der Waals surface area contributed by atoms with Crippen LogP contribution in [0.2, 0.25) is 18.1 Å². The minimum absolute atomic E-state index is 0. The summed E-state index contributed by atoms with van der Waals surface area (Å²) < 4.78 is 0. The smallest absolute Gasteiger partial charge is 0.659 e. The number of hydrogen-bond donors (Lipinski definition) is 0. The van der Waals surface area contributed by atoms with Crippen molar-refractivity contribution >= 4 is 8.24 Å². The fourth-order valence-electron chi connectivity index (χ4n) is 5.90. The summed E-state index contributed by atoms with van der Waals surface area (Å²) in [5.74, 6) is 0. The molecule has 3 rings (SSSR count). The molecule has 0 radical (unpaired) electrons. The maximum atomic E-state index is 5.60. The van der Waals surface area contributed by atoms with Gasteiger partial charge in [0.2, 0.25) is 0 Å². The molecule has 0 amide bonds. The second kappa shape index (κ2) is 13.2. The van der Waals surface area contributed by atoms with Gasteiger partial charge in [-0.1, -0.05) is 72.5 Å². The average molecular weight is 455 g/mol. The Kier molecular flexibility index (Phi) is 14.5. The summed E-state index contributed by atoms with van der Waals surface area (Å²) in [7, 11) is -1.63. The minimum Gasteiger partial charge on any atom is -0.659 e. The van der Waals surface area contributed by atoms with Crippen molar-refractivity contribution in [2.75, 3.05) is 13.1 Å². The Bertz CT molecular complexity index is 494. The van der Waals surface area contributed by atoms with Crippen molar-refractivity contribution in [2.24, 2.45) is 0 Å². The fraction of sp³-hybridized carbons (Fsp3) is 0.800. The summed E-state index contributed by atoms with van der Waals surface area (Å²) in [4.78, 5) is 8.44. The molecule has 0 bridgehead atoms. The van der Waals surface area contributed by atoms with E-state index in [2.05, 4.69) is 39.1 Å². The van der Waals surface area contributed by atoms with E-state index in [0.717, 1.165) is 11.6 Å². The molecule has 0 saturated carbocycles. The first kappa shape index (κ1) is 31.8. The van der Waals surface area contributed by atoms with Crippen LogP contribution in [-0.4, -0.2) is 37.8 Å². The van der Waals surface area contributed by atoms with Gasteiger partial charge in [-0.3, -0.25) is 4.90 Å². The van der Waals surface area contributed by atoms with Gasteiger partial charge in [0.1, 0.15) is 0 Å². The summed E-state index contributed by atoms with van der Waals surface area (Å²) >= 11 is 0. The van der Waals surface area contributed by atoms with Crippen LogP contribution >= 0.6 is 0 Å². The zero-order valence-corrected chi connectivity index (χ0v) is 23.6. The molecule has 3 aliphatic rings. The van der Waals surface area contributed by atoms with Gasteiger partial charge >= 0.3 is 21.7 Å². The van der Waals surface area contributed by atoms with Crippen molar-refractivity contribution < 1.29 is 21.7 Å². The molecule has 2 unspecified atom stereocenters. The molecular weight excluding hydrogens is 404 g/mol. The average Bonchev–Trinajstić information content (AvgIpc) is 3.18. The van der Waals surface area contributed by atoms with E-state index in [1.54, 1.807) is 0 Å². The molecule has 0 aromatic carbocycles. The topological polar surface area (TPSA) is 17.3 Å². The van der Waals surface area contributed by atoms with Crippen LogP contribution in [0.4, 0.5) is 0 Å². The second-order valence-corrected chi connectivity index (χ2v) is 14.2. The van der Waals surface area contributed by atoms with E-state index in [9.17, 15) is 0 Å². The van der Waals surface area contributed by atoms with Gasteiger partial charge in [-0.05, 0) is 63.6 Å². The zero-order valence-electron chi connectivity index (χ0n) is 21.0. The SMILES string of the molecule is CCCC[Si@](C)([N-]C(C)(C)C)C1CC(N2CCCC2)C2=C1CCCC2.[CH3-].[CH3-].[CH3-].[Ti+4]. The van der Waals surface area contributed by atoms with Crippen LogP contribution in [0.25, 0.3) is 4.98 Å². The van der Waals surface area contributed by atoms with E-state index >= 15 is 0 Å². The number of hydrogen-bond acceptors (Lipinski definition) is 1. The van der Waals surface area contributed by atoms with Gasteiger partial charge in [-0.25, -0.2) is 0 Å². The van der Waals surface area contributed by atoms with Crippen LogP contribution in [-0.2, 0) is 21.7 Å². The number of nitrogens with zero attached hydrogens (tertiary/aromatic N) is 2. The van der Waals surface area contributed by atoms with Crippen LogP contribution < -0.4 is 0 Å². The van der Waals surface area contributed by atoms with Gasteiger partial charge in [0, 0.05) is 6.04 Å². The molecule has 0 aromatic rings. The maximum Gasteiger partial charge on any atom is 4.00 e. The van der Waals surface area contributed by atoms with E-state index in [1.807, 2.05) is 11.1 Å². The predicted octanol–water partition coefficient (Wildman–Crippen LogP) is 7.99. The van der Waals surface area contributed by atoms with Crippen LogP contribution in [0.15, 0.2) is 11.1 Å². The molecule has 0 spiro atoms. The van der Waals surface area contributed by atoms with Gasteiger partial charge in [0.05, 0.1) is 0 Å². The molecule has 1 saturated heterocycles.